The molecule has 2 aromatic carbocycles. The van der Waals surface area contributed by atoms with Gasteiger partial charge < -0.3 is 14.6 Å². The number of ether oxygens (including phenoxy) is 1. The third-order valence-electron chi connectivity index (χ3n) is 3.97. The molecular weight excluding hydrogens is 331 g/mol. The molecule has 0 unspecified atom stereocenters. The maximum atomic E-state index is 13.2. The molecule has 1 aromatic heterocycles. The van der Waals surface area contributed by atoms with Crippen LogP contribution in [0.1, 0.15) is 5.56 Å². The lowest BCUT2D eigenvalue weighted by Crippen LogP contribution is -2.27. The summed E-state index contributed by atoms with van der Waals surface area (Å²) in [5, 5.41) is 1.28. The molecule has 0 fully saturated rings. The van der Waals surface area contributed by atoms with Crippen LogP contribution >= 0.6 is 11.6 Å². The van der Waals surface area contributed by atoms with E-state index in [9.17, 15) is 9.18 Å². The predicted molar refractivity (Wildman–Crippen MR) is 93.4 cm³/mol. The first kappa shape index (κ1) is 16.3. The molecule has 3 rings (SSSR count). The zero-order valence-electron chi connectivity index (χ0n) is 13.3. The predicted octanol–water partition coefficient (Wildman–Crippen LogP) is 4.17. The normalized spacial score (nSPS) is 10.8. The van der Waals surface area contributed by atoms with Crippen LogP contribution in [0.4, 0.5) is 10.1 Å². The summed E-state index contributed by atoms with van der Waals surface area (Å²) in [4.78, 5) is 17.1. The monoisotopic (exact) mass is 346 g/mol. The summed E-state index contributed by atoms with van der Waals surface area (Å²) >= 11 is 6.11. The standard InChI is InChI=1S/C18H16ClFN2O2/c1-22(13-4-6-17(24-2)15(19)9-13)18(23)7-11-10-21-16-8-12(20)3-5-14(11)16/h3-6,8-10,21H,7H2,1-2H3. The van der Waals surface area contributed by atoms with Gasteiger partial charge >= 0.3 is 0 Å². The maximum Gasteiger partial charge on any atom is 0.231 e. The third-order valence-corrected chi connectivity index (χ3v) is 4.26. The Kier molecular flexibility index (Phi) is 4.44. The van der Waals surface area contributed by atoms with Crippen LogP contribution in [0.3, 0.4) is 0 Å². The molecule has 4 nitrogen and oxygen atoms in total. The van der Waals surface area contributed by atoms with Gasteiger partial charge in [0.2, 0.25) is 5.91 Å². The van der Waals surface area contributed by atoms with Gasteiger partial charge in [0.1, 0.15) is 11.6 Å². The number of nitrogens with zero attached hydrogens (tertiary/aromatic N) is 1. The molecule has 0 aliphatic heterocycles. The van der Waals surface area contributed by atoms with Crippen LogP contribution in [-0.2, 0) is 11.2 Å². The molecule has 0 saturated carbocycles. The Morgan fingerprint density at radius 3 is 2.79 bits per heavy atom. The Bertz CT molecular complexity index is 907. The van der Waals surface area contributed by atoms with Crippen molar-refractivity contribution < 1.29 is 13.9 Å². The van der Waals surface area contributed by atoms with E-state index in [4.69, 9.17) is 16.3 Å². The minimum atomic E-state index is -0.313. The van der Waals surface area contributed by atoms with Crippen molar-refractivity contribution in [1.29, 1.82) is 0 Å². The molecular formula is C18H16ClFN2O2. The topological polar surface area (TPSA) is 45.3 Å². The fourth-order valence-electron chi connectivity index (χ4n) is 2.59. The smallest absolute Gasteiger partial charge is 0.231 e. The number of anilines is 1. The minimum absolute atomic E-state index is 0.0959. The van der Waals surface area contributed by atoms with Crippen LogP contribution in [0.15, 0.2) is 42.6 Å². The van der Waals surface area contributed by atoms with E-state index < -0.39 is 0 Å². The van der Waals surface area contributed by atoms with Crippen molar-refractivity contribution in [3.63, 3.8) is 0 Å². The van der Waals surface area contributed by atoms with Gasteiger partial charge in [0.15, 0.2) is 0 Å². The second-order valence-corrected chi connectivity index (χ2v) is 5.86. The number of hydrogen-bond donors (Lipinski definition) is 1. The Hall–Kier alpha value is -2.53. The highest BCUT2D eigenvalue weighted by Crippen LogP contribution is 2.29. The molecule has 6 heteroatoms. The Balaban J connectivity index is 1.82. The summed E-state index contributed by atoms with van der Waals surface area (Å²) in [6.07, 6.45) is 1.93. The van der Waals surface area contributed by atoms with E-state index >= 15 is 0 Å². The van der Waals surface area contributed by atoms with Gasteiger partial charge in [-0.3, -0.25) is 4.79 Å². The SMILES string of the molecule is COc1ccc(N(C)C(=O)Cc2c[nH]c3cc(F)ccc23)cc1Cl. The number of hydrogen-bond acceptors (Lipinski definition) is 2. The number of carbonyl (C=O) groups is 1. The number of likely N-dealkylation sites (N-methyl/N-ethyl adjacent to an activating group) is 1. The van der Waals surface area contributed by atoms with Gasteiger partial charge in [0, 0.05) is 29.8 Å². The number of methoxy groups -OCH3 is 1. The Morgan fingerprint density at radius 1 is 1.29 bits per heavy atom. The summed E-state index contributed by atoms with van der Waals surface area (Å²) in [7, 11) is 3.23. The summed E-state index contributed by atoms with van der Waals surface area (Å²) in [6, 6.07) is 9.65. The maximum absolute atomic E-state index is 13.2. The molecule has 124 valence electrons. The number of amides is 1. The van der Waals surface area contributed by atoms with Crippen molar-refractivity contribution in [3.8, 4) is 5.75 Å². The first-order valence-electron chi connectivity index (χ1n) is 7.35. The van der Waals surface area contributed by atoms with Crippen molar-refractivity contribution in [3.05, 3.63) is 59.0 Å². The Labute approximate surface area is 143 Å². The molecule has 0 aliphatic carbocycles. The van der Waals surface area contributed by atoms with E-state index in [1.54, 1.807) is 37.5 Å². The van der Waals surface area contributed by atoms with E-state index in [-0.39, 0.29) is 18.1 Å². The second-order valence-electron chi connectivity index (χ2n) is 5.45. The molecule has 1 heterocycles. The highest BCUT2D eigenvalue weighted by molar-refractivity contribution is 6.32. The van der Waals surface area contributed by atoms with Crippen LogP contribution in [-0.4, -0.2) is 25.0 Å². The summed E-state index contributed by atoms with van der Waals surface area (Å²) < 4.78 is 18.4. The fraction of sp³-hybridized carbons (Fsp3) is 0.167. The van der Waals surface area contributed by atoms with Crippen LogP contribution in [0.5, 0.6) is 5.75 Å². The molecule has 24 heavy (non-hydrogen) atoms. The summed E-state index contributed by atoms with van der Waals surface area (Å²) in [6.45, 7) is 0. The van der Waals surface area contributed by atoms with Gasteiger partial charge in [0.05, 0.1) is 18.6 Å². The first-order chi connectivity index (χ1) is 11.5. The molecule has 0 saturated heterocycles. The number of halogens is 2. The van der Waals surface area contributed by atoms with E-state index in [1.165, 1.54) is 24.1 Å². The molecule has 1 N–H and O–H groups in total. The number of aromatic amines is 1. The van der Waals surface area contributed by atoms with Crippen molar-refractivity contribution in [2.75, 3.05) is 19.1 Å². The van der Waals surface area contributed by atoms with E-state index in [2.05, 4.69) is 4.98 Å². The highest BCUT2D eigenvalue weighted by atomic mass is 35.5. The average molecular weight is 347 g/mol. The van der Waals surface area contributed by atoms with Crippen molar-refractivity contribution >= 4 is 34.1 Å². The molecule has 0 bridgehead atoms. The molecule has 0 radical (unpaired) electrons. The van der Waals surface area contributed by atoms with Crippen LogP contribution < -0.4 is 9.64 Å². The van der Waals surface area contributed by atoms with Crippen molar-refractivity contribution in [2.45, 2.75) is 6.42 Å². The largest absolute Gasteiger partial charge is 0.495 e. The van der Waals surface area contributed by atoms with E-state index in [0.29, 0.717) is 22.0 Å². The van der Waals surface area contributed by atoms with Crippen LogP contribution in [0, 0.1) is 5.82 Å². The van der Waals surface area contributed by atoms with Crippen molar-refractivity contribution in [2.24, 2.45) is 0 Å². The summed E-state index contributed by atoms with van der Waals surface area (Å²) in [5.74, 6) is 0.147. The second kappa shape index (κ2) is 6.53. The quantitative estimate of drug-likeness (QED) is 0.770. The Morgan fingerprint density at radius 2 is 2.08 bits per heavy atom. The number of carbonyl (C=O) groups excluding carboxylic acids is 1. The minimum Gasteiger partial charge on any atom is -0.495 e. The van der Waals surface area contributed by atoms with Crippen LogP contribution in [0.2, 0.25) is 5.02 Å². The molecule has 0 atom stereocenters. The van der Waals surface area contributed by atoms with Gasteiger partial charge in [-0.05, 0) is 42.0 Å². The number of H-pyrrole nitrogens is 1. The molecule has 0 aliphatic rings. The molecule has 1 amide bonds. The number of rotatable bonds is 4. The van der Waals surface area contributed by atoms with Gasteiger partial charge in [-0.2, -0.15) is 0 Å². The number of nitrogens with one attached hydrogen (secondary N) is 1. The zero-order valence-corrected chi connectivity index (χ0v) is 14.0. The zero-order chi connectivity index (χ0) is 17.3. The van der Waals surface area contributed by atoms with Crippen molar-refractivity contribution in [1.82, 2.24) is 4.98 Å². The number of benzene rings is 2. The third kappa shape index (κ3) is 3.08. The lowest BCUT2D eigenvalue weighted by molar-refractivity contribution is -0.117. The molecule has 3 aromatic rings. The summed E-state index contributed by atoms with van der Waals surface area (Å²) in [5.41, 5.74) is 2.17. The van der Waals surface area contributed by atoms with Crippen LogP contribution in [0.25, 0.3) is 10.9 Å². The highest BCUT2D eigenvalue weighted by Gasteiger charge is 2.15. The number of fused-ring (bicyclic) bond motifs is 1. The first-order valence-corrected chi connectivity index (χ1v) is 7.73. The molecule has 0 spiro atoms. The number of aromatic nitrogens is 1. The lowest BCUT2D eigenvalue weighted by atomic mass is 10.1. The van der Waals surface area contributed by atoms with E-state index in [1.807, 2.05) is 0 Å². The van der Waals surface area contributed by atoms with E-state index in [0.717, 1.165) is 10.9 Å². The fourth-order valence-corrected chi connectivity index (χ4v) is 2.85. The van der Waals surface area contributed by atoms with Gasteiger partial charge in [-0.15, -0.1) is 0 Å². The lowest BCUT2D eigenvalue weighted by Gasteiger charge is -2.18. The average Bonchev–Trinajstić information content (AvgIpc) is 2.95. The van der Waals surface area contributed by atoms with Gasteiger partial charge in [0.25, 0.3) is 0 Å². The van der Waals surface area contributed by atoms with Gasteiger partial charge in [-0.1, -0.05) is 11.6 Å². The van der Waals surface area contributed by atoms with Gasteiger partial charge in [-0.25, -0.2) is 4.39 Å².